The maximum Gasteiger partial charge on any atom is 0.306 e. The summed E-state index contributed by atoms with van der Waals surface area (Å²) in [7, 11) is 1.49. The van der Waals surface area contributed by atoms with Crippen molar-refractivity contribution in [1.29, 1.82) is 0 Å². The maximum atomic E-state index is 12.3. The maximum absolute atomic E-state index is 12.3. The molecule has 0 saturated heterocycles. The second-order valence-electron chi connectivity index (χ2n) is 6.95. The molecule has 1 N–H and O–H groups in total. The Morgan fingerprint density at radius 2 is 2.07 bits per heavy atom. The van der Waals surface area contributed by atoms with Gasteiger partial charge in [-0.15, -0.1) is 0 Å². The Balaban J connectivity index is 2.65. The summed E-state index contributed by atoms with van der Waals surface area (Å²) < 4.78 is 16.0. The molecule has 1 aliphatic heterocycles. The molecule has 0 fully saturated rings. The molecule has 0 spiro atoms. The van der Waals surface area contributed by atoms with Crippen molar-refractivity contribution >= 4 is 30.2 Å². The summed E-state index contributed by atoms with van der Waals surface area (Å²) in [6.07, 6.45) is 4.79. The molecule has 1 aliphatic rings. The van der Waals surface area contributed by atoms with Crippen LogP contribution in [0, 0.1) is 0 Å². The second kappa shape index (κ2) is 11.7. The van der Waals surface area contributed by atoms with Gasteiger partial charge in [0.15, 0.2) is 11.5 Å². The molecule has 156 valence electrons. The number of esters is 1. The van der Waals surface area contributed by atoms with Crippen molar-refractivity contribution < 1.29 is 28.9 Å². The molecule has 0 atom stereocenters. The standard InChI is InChI=1S/C20H29NO6S/c1-20(2,3)27-18(24)10-8-15(23)17-9-7-14(28-17)13-16(25-5)19(21-4)26-12-6-11-22/h9,13,22H,4,6-8,10-12H2,1-3,5H3/b14-13+,19-16-. The molecule has 7 nitrogen and oxygen atoms in total. The van der Waals surface area contributed by atoms with E-state index in [1.165, 1.54) is 18.9 Å². The number of aliphatic hydroxyl groups excluding tert-OH is 1. The fourth-order valence-electron chi connectivity index (χ4n) is 2.19. The van der Waals surface area contributed by atoms with Crippen LogP contribution in [0.5, 0.6) is 0 Å². The van der Waals surface area contributed by atoms with Crippen molar-refractivity contribution in [3.63, 3.8) is 0 Å². The number of methoxy groups -OCH3 is 1. The third-order valence-corrected chi connectivity index (χ3v) is 4.55. The van der Waals surface area contributed by atoms with Crippen LogP contribution in [0.1, 0.15) is 46.5 Å². The number of rotatable bonds is 11. The molecule has 1 heterocycles. The topological polar surface area (TPSA) is 94.4 Å². The summed E-state index contributed by atoms with van der Waals surface area (Å²) in [6, 6.07) is 0. The lowest BCUT2D eigenvalue weighted by Gasteiger charge is -2.19. The van der Waals surface area contributed by atoms with E-state index in [0.717, 1.165) is 4.91 Å². The Morgan fingerprint density at radius 3 is 2.64 bits per heavy atom. The minimum Gasteiger partial charge on any atom is -0.491 e. The Morgan fingerprint density at radius 1 is 1.36 bits per heavy atom. The molecule has 0 radical (unpaired) electrons. The first kappa shape index (κ1) is 24.0. The first-order chi connectivity index (χ1) is 13.2. The van der Waals surface area contributed by atoms with Gasteiger partial charge in [0.1, 0.15) is 5.60 Å². The predicted molar refractivity (Wildman–Crippen MR) is 110 cm³/mol. The SMILES string of the molecule is C=N/C(OCCCO)=C(\C=C1/CC=C(C(=O)CCC(=O)OC(C)(C)C)S1)OC. The largest absolute Gasteiger partial charge is 0.491 e. The van der Waals surface area contributed by atoms with E-state index in [0.29, 0.717) is 30.1 Å². The van der Waals surface area contributed by atoms with Gasteiger partial charge in [0.2, 0.25) is 0 Å². The summed E-state index contributed by atoms with van der Waals surface area (Å²) in [4.78, 5) is 29.4. The Bertz CT molecular complexity index is 673. The van der Waals surface area contributed by atoms with E-state index in [9.17, 15) is 9.59 Å². The number of hydrogen-bond acceptors (Lipinski definition) is 8. The number of aliphatic hydroxyl groups is 1. The normalized spacial score (nSPS) is 16.3. The Kier molecular flexibility index (Phi) is 10.0. The predicted octanol–water partition coefficient (Wildman–Crippen LogP) is 3.50. The summed E-state index contributed by atoms with van der Waals surface area (Å²) in [5, 5.41) is 8.84. The van der Waals surface area contributed by atoms with Crippen LogP contribution in [-0.2, 0) is 23.8 Å². The molecular formula is C20H29NO6S. The zero-order valence-corrected chi connectivity index (χ0v) is 17.8. The van der Waals surface area contributed by atoms with Gasteiger partial charge in [-0.2, -0.15) is 0 Å². The number of nitrogens with zero attached hydrogens (tertiary/aromatic N) is 1. The van der Waals surface area contributed by atoms with Crippen molar-refractivity contribution in [3.05, 3.63) is 33.6 Å². The number of Topliss-reactive ketones (excluding diaryl/α,β-unsaturated/α-hetero) is 1. The van der Waals surface area contributed by atoms with E-state index in [1.54, 1.807) is 26.8 Å². The molecule has 0 aromatic heterocycles. The first-order valence-electron chi connectivity index (χ1n) is 9.02. The van der Waals surface area contributed by atoms with Crippen LogP contribution in [-0.4, -0.2) is 49.5 Å². The van der Waals surface area contributed by atoms with Crippen molar-refractivity contribution in [2.24, 2.45) is 4.99 Å². The molecule has 0 aliphatic carbocycles. The van der Waals surface area contributed by atoms with Gasteiger partial charge in [-0.3, -0.25) is 9.59 Å². The fraction of sp³-hybridized carbons (Fsp3) is 0.550. The van der Waals surface area contributed by atoms with Gasteiger partial charge >= 0.3 is 5.97 Å². The van der Waals surface area contributed by atoms with Crippen LogP contribution in [0.3, 0.4) is 0 Å². The zero-order chi connectivity index (χ0) is 21.2. The lowest BCUT2D eigenvalue weighted by atomic mass is 10.1. The minimum atomic E-state index is -0.559. The van der Waals surface area contributed by atoms with Gasteiger partial charge in [0, 0.05) is 19.4 Å². The Hall–Kier alpha value is -2.06. The quantitative estimate of drug-likeness (QED) is 0.241. The summed E-state index contributed by atoms with van der Waals surface area (Å²) in [5.41, 5.74) is -0.559. The van der Waals surface area contributed by atoms with Crippen LogP contribution in [0.2, 0.25) is 0 Å². The van der Waals surface area contributed by atoms with Gasteiger partial charge < -0.3 is 19.3 Å². The second-order valence-corrected chi connectivity index (χ2v) is 8.12. The number of ketones is 1. The van der Waals surface area contributed by atoms with Gasteiger partial charge in [0.05, 0.1) is 25.0 Å². The number of thioether (sulfide) groups is 1. The highest BCUT2D eigenvalue weighted by molar-refractivity contribution is 8.07. The van der Waals surface area contributed by atoms with Crippen LogP contribution in [0.15, 0.2) is 38.6 Å². The lowest BCUT2D eigenvalue weighted by Crippen LogP contribution is -2.24. The lowest BCUT2D eigenvalue weighted by molar-refractivity contribution is -0.155. The van der Waals surface area contributed by atoms with E-state index < -0.39 is 5.60 Å². The highest BCUT2D eigenvalue weighted by Crippen LogP contribution is 2.38. The van der Waals surface area contributed by atoms with Gasteiger partial charge in [-0.1, -0.05) is 17.8 Å². The highest BCUT2D eigenvalue weighted by atomic mass is 32.2. The number of allylic oxidation sites excluding steroid dienone is 4. The molecule has 0 aromatic rings. The fourth-order valence-corrected chi connectivity index (χ4v) is 3.19. The van der Waals surface area contributed by atoms with E-state index in [1.807, 2.05) is 6.08 Å². The Labute approximate surface area is 170 Å². The number of aliphatic imine (C=N–C) groups is 1. The molecule has 8 heteroatoms. The van der Waals surface area contributed by atoms with E-state index in [2.05, 4.69) is 11.7 Å². The monoisotopic (exact) mass is 411 g/mol. The third kappa shape index (κ3) is 8.75. The van der Waals surface area contributed by atoms with Crippen LogP contribution in [0.4, 0.5) is 0 Å². The number of carbonyl (C=O) groups is 2. The zero-order valence-electron chi connectivity index (χ0n) is 16.9. The number of ether oxygens (including phenoxy) is 3. The number of hydrogen-bond donors (Lipinski definition) is 1. The number of carbonyl (C=O) groups excluding carboxylic acids is 2. The smallest absolute Gasteiger partial charge is 0.306 e. The first-order valence-corrected chi connectivity index (χ1v) is 9.84. The summed E-state index contributed by atoms with van der Waals surface area (Å²) in [5.74, 6) is 0.148. The van der Waals surface area contributed by atoms with Gasteiger partial charge in [-0.25, -0.2) is 4.99 Å². The van der Waals surface area contributed by atoms with Crippen molar-refractivity contribution in [2.45, 2.75) is 52.1 Å². The molecule has 1 rings (SSSR count). The van der Waals surface area contributed by atoms with Crippen molar-refractivity contribution in [1.82, 2.24) is 0 Å². The molecule has 0 amide bonds. The van der Waals surface area contributed by atoms with Crippen molar-refractivity contribution in [2.75, 3.05) is 20.3 Å². The molecule has 28 heavy (non-hydrogen) atoms. The highest BCUT2D eigenvalue weighted by Gasteiger charge is 2.22. The summed E-state index contributed by atoms with van der Waals surface area (Å²) in [6.45, 7) is 9.15. The molecular weight excluding hydrogens is 382 g/mol. The third-order valence-electron chi connectivity index (χ3n) is 3.39. The van der Waals surface area contributed by atoms with E-state index in [-0.39, 0.29) is 37.1 Å². The molecule has 0 unspecified atom stereocenters. The van der Waals surface area contributed by atoms with Crippen LogP contribution in [0.25, 0.3) is 0 Å². The van der Waals surface area contributed by atoms with Gasteiger partial charge in [-0.05, 0) is 44.9 Å². The minimum absolute atomic E-state index is 0.0162. The average Bonchev–Trinajstić information content (AvgIpc) is 3.09. The molecule has 0 bridgehead atoms. The van der Waals surface area contributed by atoms with Crippen LogP contribution < -0.4 is 0 Å². The van der Waals surface area contributed by atoms with Gasteiger partial charge in [0.25, 0.3) is 5.88 Å². The summed E-state index contributed by atoms with van der Waals surface area (Å²) >= 11 is 1.33. The van der Waals surface area contributed by atoms with Crippen molar-refractivity contribution in [3.8, 4) is 0 Å². The average molecular weight is 412 g/mol. The van der Waals surface area contributed by atoms with E-state index in [4.69, 9.17) is 19.3 Å². The molecule has 0 saturated carbocycles. The van der Waals surface area contributed by atoms with E-state index >= 15 is 0 Å². The molecule has 0 aromatic carbocycles. The van der Waals surface area contributed by atoms with Crippen LogP contribution >= 0.6 is 11.8 Å².